The van der Waals surface area contributed by atoms with Gasteiger partial charge in [0.25, 0.3) is 0 Å². The number of hydrogen-bond acceptors (Lipinski definition) is 4. The molecule has 136 valence electrons. The maximum atomic E-state index is 12.7. The average molecular weight is 408 g/mol. The van der Waals surface area contributed by atoms with Crippen molar-refractivity contribution < 1.29 is 21.6 Å². The van der Waals surface area contributed by atoms with Crippen molar-refractivity contribution in [2.75, 3.05) is 18.8 Å². The summed E-state index contributed by atoms with van der Waals surface area (Å²) in [4.78, 5) is 1.12. The van der Waals surface area contributed by atoms with Crippen LogP contribution in [0.25, 0.3) is 0 Å². The number of thiophene rings is 1. The largest absolute Gasteiger partial charge is 0.416 e. The summed E-state index contributed by atoms with van der Waals surface area (Å²) in [5, 5.41) is 2.25. The summed E-state index contributed by atoms with van der Waals surface area (Å²) in [6, 6.07) is 7.71. The van der Waals surface area contributed by atoms with E-state index in [1.165, 1.54) is 9.18 Å². The number of thioether (sulfide) groups is 1. The first-order valence-corrected chi connectivity index (χ1v) is 11.0. The molecule has 2 aromatic rings. The Morgan fingerprint density at radius 2 is 1.80 bits per heavy atom. The van der Waals surface area contributed by atoms with E-state index < -0.39 is 21.8 Å². The summed E-state index contributed by atoms with van der Waals surface area (Å²) in [7, 11) is -3.78. The third-order valence-corrected chi connectivity index (χ3v) is 8.34. The minimum atomic E-state index is -4.48. The Morgan fingerprint density at radius 3 is 2.40 bits per heavy atom. The van der Waals surface area contributed by atoms with Crippen LogP contribution in [-0.4, -0.2) is 31.6 Å². The highest BCUT2D eigenvalue weighted by Gasteiger charge is 2.32. The molecule has 25 heavy (non-hydrogen) atoms. The number of sulfonamides is 1. The van der Waals surface area contributed by atoms with Gasteiger partial charge in [-0.25, -0.2) is 8.42 Å². The summed E-state index contributed by atoms with van der Waals surface area (Å²) in [6.07, 6.45) is -3.79. The topological polar surface area (TPSA) is 37.4 Å². The highest BCUT2D eigenvalue weighted by Crippen LogP contribution is 2.38. The molecule has 1 fully saturated rings. The van der Waals surface area contributed by atoms with E-state index in [4.69, 9.17) is 0 Å². The molecule has 3 nitrogen and oxygen atoms in total. The van der Waals surface area contributed by atoms with E-state index in [9.17, 15) is 21.6 Å². The van der Waals surface area contributed by atoms with Crippen LogP contribution in [0.4, 0.5) is 13.2 Å². The van der Waals surface area contributed by atoms with Crippen molar-refractivity contribution in [2.24, 2.45) is 0 Å². The highest BCUT2D eigenvalue weighted by molar-refractivity contribution is 7.99. The zero-order chi connectivity index (χ0) is 18.1. The molecule has 0 saturated carbocycles. The summed E-state index contributed by atoms with van der Waals surface area (Å²) in [6.45, 7) is 0.717. The predicted molar refractivity (Wildman–Crippen MR) is 94.3 cm³/mol. The number of halogens is 3. The van der Waals surface area contributed by atoms with Crippen molar-refractivity contribution in [3.8, 4) is 0 Å². The second kappa shape index (κ2) is 7.30. The monoisotopic (exact) mass is 407 g/mol. The fourth-order valence-corrected chi connectivity index (χ4v) is 6.47. The smallest absolute Gasteiger partial charge is 0.207 e. The lowest BCUT2D eigenvalue weighted by molar-refractivity contribution is -0.137. The van der Waals surface area contributed by atoms with Crippen LogP contribution in [0.1, 0.15) is 22.1 Å². The van der Waals surface area contributed by atoms with Gasteiger partial charge in [-0.3, -0.25) is 0 Å². The Bertz CT molecular complexity index is 802. The van der Waals surface area contributed by atoms with E-state index in [1.807, 2.05) is 17.5 Å². The second-order valence-corrected chi connectivity index (χ2v) is 9.82. The minimum Gasteiger partial charge on any atom is -0.207 e. The molecule has 1 unspecified atom stereocenters. The summed E-state index contributed by atoms with van der Waals surface area (Å²) in [5.41, 5.74) is -0.851. The van der Waals surface area contributed by atoms with Crippen LogP contribution in [0.2, 0.25) is 0 Å². The lowest BCUT2D eigenvalue weighted by atomic mass is 10.2. The molecule has 3 rings (SSSR count). The van der Waals surface area contributed by atoms with Crippen molar-refractivity contribution in [1.29, 1.82) is 0 Å². The maximum absolute atomic E-state index is 12.7. The lowest BCUT2D eigenvalue weighted by Gasteiger charge is -2.20. The molecule has 1 aromatic carbocycles. The van der Waals surface area contributed by atoms with Crippen molar-refractivity contribution in [1.82, 2.24) is 4.31 Å². The Balaban J connectivity index is 1.76. The molecule has 1 aliphatic rings. The van der Waals surface area contributed by atoms with Crippen LogP contribution in [0, 0.1) is 0 Å². The van der Waals surface area contributed by atoms with Crippen molar-refractivity contribution >= 4 is 33.1 Å². The summed E-state index contributed by atoms with van der Waals surface area (Å²) in [5.74, 6) is 0.655. The van der Waals surface area contributed by atoms with E-state index in [0.29, 0.717) is 25.3 Å². The third-order valence-electron chi connectivity index (χ3n) is 3.98. The van der Waals surface area contributed by atoms with E-state index in [2.05, 4.69) is 0 Å². The standard InChI is InChI=1S/C16H16F3NO2S3/c17-16(18,19)12-3-5-13(6-4-12)25(21,22)20-8-7-15(24-11-9-20)14-2-1-10-23-14/h1-6,10,15H,7-9,11H2. The van der Waals surface area contributed by atoms with Gasteiger partial charge in [-0.15, -0.1) is 11.3 Å². The number of rotatable bonds is 3. The minimum absolute atomic E-state index is 0.0972. The van der Waals surface area contributed by atoms with Crippen molar-refractivity contribution in [2.45, 2.75) is 22.7 Å². The summed E-state index contributed by atoms with van der Waals surface area (Å²) < 4.78 is 64.8. The van der Waals surface area contributed by atoms with Crippen molar-refractivity contribution in [3.05, 3.63) is 52.2 Å². The fraction of sp³-hybridized carbons (Fsp3) is 0.375. The molecule has 0 radical (unpaired) electrons. The molecule has 0 spiro atoms. The Morgan fingerprint density at radius 1 is 1.08 bits per heavy atom. The molecule has 0 aliphatic carbocycles. The maximum Gasteiger partial charge on any atom is 0.416 e. The molecule has 1 aromatic heterocycles. The van der Waals surface area contributed by atoms with E-state index in [-0.39, 0.29) is 10.1 Å². The molecular formula is C16H16F3NO2S3. The Kier molecular flexibility index (Phi) is 5.48. The van der Waals surface area contributed by atoms with Crippen molar-refractivity contribution in [3.63, 3.8) is 0 Å². The van der Waals surface area contributed by atoms with Gasteiger partial charge in [0.1, 0.15) is 0 Å². The molecule has 0 bridgehead atoms. The van der Waals surface area contributed by atoms with Gasteiger partial charge in [-0.1, -0.05) is 6.07 Å². The quantitative estimate of drug-likeness (QED) is 0.744. The first kappa shape index (κ1) is 18.8. The predicted octanol–water partition coefficient (Wildman–Crippen LogP) is 4.64. The number of alkyl halides is 3. The molecule has 2 heterocycles. The van der Waals surface area contributed by atoms with Gasteiger partial charge in [0, 0.05) is 29.0 Å². The normalized spacial score (nSPS) is 20.4. The summed E-state index contributed by atoms with van der Waals surface area (Å²) >= 11 is 3.37. The number of benzene rings is 1. The van der Waals surface area contributed by atoms with Gasteiger partial charge >= 0.3 is 6.18 Å². The lowest BCUT2D eigenvalue weighted by Crippen LogP contribution is -2.33. The van der Waals surface area contributed by atoms with Crippen LogP contribution in [0.5, 0.6) is 0 Å². The van der Waals surface area contributed by atoms with Crippen LogP contribution in [0.15, 0.2) is 46.7 Å². The second-order valence-electron chi connectivity index (χ2n) is 5.59. The number of hydrogen-bond donors (Lipinski definition) is 0. The molecule has 9 heteroatoms. The fourth-order valence-electron chi connectivity index (χ4n) is 2.66. The van der Waals surface area contributed by atoms with Gasteiger partial charge in [-0.05, 0) is 42.1 Å². The Hall–Kier alpha value is -1.03. The zero-order valence-corrected chi connectivity index (χ0v) is 15.5. The van der Waals surface area contributed by atoms with Gasteiger partial charge < -0.3 is 0 Å². The molecule has 0 amide bonds. The molecule has 0 N–H and O–H groups in total. The van der Waals surface area contributed by atoms with Crippen LogP contribution >= 0.6 is 23.1 Å². The van der Waals surface area contributed by atoms with E-state index in [1.54, 1.807) is 23.1 Å². The average Bonchev–Trinajstić information content (AvgIpc) is 2.98. The highest BCUT2D eigenvalue weighted by atomic mass is 32.2. The molecular weight excluding hydrogens is 391 g/mol. The van der Waals surface area contributed by atoms with E-state index >= 15 is 0 Å². The Labute approximate surface area is 152 Å². The third kappa shape index (κ3) is 4.21. The molecule has 1 saturated heterocycles. The number of nitrogens with zero attached hydrogens (tertiary/aromatic N) is 1. The first-order chi connectivity index (χ1) is 11.8. The van der Waals surface area contributed by atoms with Gasteiger partial charge in [0.2, 0.25) is 10.0 Å². The van der Waals surface area contributed by atoms with Crippen LogP contribution < -0.4 is 0 Å². The molecule has 1 aliphatic heterocycles. The van der Waals surface area contributed by atoms with E-state index in [0.717, 1.165) is 24.3 Å². The zero-order valence-electron chi connectivity index (χ0n) is 13.1. The SMILES string of the molecule is O=S(=O)(c1ccc(C(F)(F)F)cc1)N1CCSC(c2cccs2)CC1. The van der Waals surface area contributed by atoms with Gasteiger partial charge in [0.15, 0.2) is 0 Å². The molecule has 1 atom stereocenters. The van der Waals surface area contributed by atoms with Gasteiger partial charge in [-0.2, -0.15) is 29.2 Å². The first-order valence-electron chi connectivity index (χ1n) is 7.61. The van der Waals surface area contributed by atoms with Crippen LogP contribution in [-0.2, 0) is 16.2 Å². The van der Waals surface area contributed by atoms with Gasteiger partial charge in [0.05, 0.1) is 10.5 Å². The van der Waals surface area contributed by atoms with Crippen LogP contribution in [0.3, 0.4) is 0 Å².